The van der Waals surface area contributed by atoms with Gasteiger partial charge in [-0.2, -0.15) is 0 Å². The second-order valence-electron chi connectivity index (χ2n) is 5.75. The van der Waals surface area contributed by atoms with Crippen molar-refractivity contribution in [1.29, 1.82) is 0 Å². The van der Waals surface area contributed by atoms with Crippen LogP contribution in [0.5, 0.6) is 5.75 Å². The van der Waals surface area contributed by atoms with Crippen molar-refractivity contribution in [3.05, 3.63) is 62.6 Å². The van der Waals surface area contributed by atoms with E-state index in [1.54, 1.807) is 0 Å². The number of aryl methyl sites for hydroxylation is 1. The fourth-order valence-electron chi connectivity index (χ4n) is 3.02. The third-order valence-electron chi connectivity index (χ3n) is 4.31. The molecule has 1 atom stereocenters. The first-order valence-corrected chi connectivity index (χ1v) is 8.11. The van der Waals surface area contributed by atoms with Crippen LogP contribution >= 0.6 is 15.9 Å². The molecule has 3 heteroatoms. The Bertz CT molecular complexity index is 681. The molecule has 2 aromatic rings. The molecular weight excluding hydrogens is 326 g/mol. The van der Waals surface area contributed by atoms with Gasteiger partial charge < -0.3 is 10.5 Å². The first kappa shape index (κ1) is 14.6. The predicted molar refractivity (Wildman–Crippen MR) is 89.9 cm³/mol. The summed E-state index contributed by atoms with van der Waals surface area (Å²) in [6, 6.07) is 10.6. The van der Waals surface area contributed by atoms with Gasteiger partial charge >= 0.3 is 0 Å². The third-order valence-corrected chi connectivity index (χ3v) is 4.77. The Kier molecular flexibility index (Phi) is 4.05. The molecule has 1 heterocycles. The van der Waals surface area contributed by atoms with Gasteiger partial charge in [0.1, 0.15) is 5.75 Å². The van der Waals surface area contributed by atoms with Crippen molar-refractivity contribution in [1.82, 2.24) is 0 Å². The van der Waals surface area contributed by atoms with E-state index in [-0.39, 0.29) is 6.04 Å². The van der Waals surface area contributed by atoms with E-state index >= 15 is 0 Å². The van der Waals surface area contributed by atoms with Crippen LogP contribution in [0.25, 0.3) is 0 Å². The molecule has 21 heavy (non-hydrogen) atoms. The van der Waals surface area contributed by atoms with Crippen LogP contribution in [0.2, 0.25) is 0 Å². The minimum absolute atomic E-state index is 0.00694. The quantitative estimate of drug-likeness (QED) is 0.902. The molecule has 3 rings (SSSR count). The van der Waals surface area contributed by atoms with Crippen LogP contribution in [0.4, 0.5) is 0 Å². The maximum Gasteiger partial charge on any atom is 0.125 e. The Hall–Kier alpha value is -1.32. The van der Waals surface area contributed by atoms with Gasteiger partial charge in [-0.15, -0.1) is 0 Å². The molecule has 0 saturated heterocycles. The second kappa shape index (κ2) is 5.82. The summed E-state index contributed by atoms with van der Waals surface area (Å²) >= 11 is 3.59. The van der Waals surface area contributed by atoms with Crippen LogP contribution < -0.4 is 10.5 Å². The fourth-order valence-corrected chi connectivity index (χ4v) is 3.57. The number of rotatable bonds is 3. The summed E-state index contributed by atoms with van der Waals surface area (Å²) in [6.45, 7) is 5.05. The maximum absolute atomic E-state index is 6.47. The summed E-state index contributed by atoms with van der Waals surface area (Å²) < 4.78 is 6.91. The van der Waals surface area contributed by atoms with Gasteiger partial charge in [-0.3, -0.25) is 0 Å². The van der Waals surface area contributed by atoms with E-state index in [0.29, 0.717) is 0 Å². The highest BCUT2D eigenvalue weighted by Crippen LogP contribution is 2.35. The molecule has 2 N–H and O–H groups in total. The van der Waals surface area contributed by atoms with Crippen molar-refractivity contribution in [2.75, 3.05) is 6.61 Å². The highest BCUT2D eigenvalue weighted by atomic mass is 79.9. The number of hydrogen-bond acceptors (Lipinski definition) is 2. The number of hydrogen-bond donors (Lipinski definition) is 1. The van der Waals surface area contributed by atoms with Crippen LogP contribution in [-0.2, 0) is 12.8 Å². The largest absolute Gasteiger partial charge is 0.493 e. The van der Waals surface area contributed by atoms with Crippen molar-refractivity contribution in [3.8, 4) is 5.75 Å². The predicted octanol–water partition coefficient (Wildman–Crippen LogP) is 4.24. The zero-order valence-electron chi connectivity index (χ0n) is 12.4. The van der Waals surface area contributed by atoms with Gasteiger partial charge in [0.05, 0.1) is 6.61 Å². The Balaban J connectivity index is 1.92. The molecule has 110 valence electrons. The van der Waals surface area contributed by atoms with Crippen LogP contribution in [0, 0.1) is 13.8 Å². The smallest absolute Gasteiger partial charge is 0.125 e. The molecule has 0 spiro atoms. The van der Waals surface area contributed by atoms with Gasteiger partial charge in [0.2, 0.25) is 0 Å². The molecule has 1 aliphatic heterocycles. The van der Waals surface area contributed by atoms with Gasteiger partial charge in [0.15, 0.2) is 0 Å². The summed E-state index contributed by atoms with van der Waals surface area (Å²) in [5.74, 6) is 1.04. The molecule has 0 radical (unpaired) electrons. The summed E-state index contributed by atoms with van der Waals surface area (Å²) in [4.78, 5) is 0. The van der Waals surface area contributed by atoms with E-state index in [1.165, 1.54) is 27.8 Å². The average Bonchev–Trinajstić information content (AvgIpc) is 2.90. The van der Waals surface area contributed by atoms with Gasteiger partial charge in [0, 0.05) is 16.9 Å². The Morgan fingerprint density at radius 3 is 2.90 bits per heavy atom. The second-order valence-corrected chi connectivity index (χ2v) is 6.67. The molecule has 0 fully saturated rings. The van der Waals surface area contributed by atoms with E-state index in [0.717, 1.165) is 29.7 Å². The van der Waals surface area contributed by atoms with Crippen LogP contribution in [0.3, 0.4) is 0 Å². The van der Waals surface area contributed by atoms with E-state index < -0.39 is 0 Å². The lowest BCUT2D eigenvalue weighted by Crippen LogP contribution is -2.15. The lowest BCUT2D eigenvalue weighted by molar-refractivity contribution is 0.352. The highest BCUT2D eigenvalue weighted by molar-refractivity contribution is 9.10. The average molecular weight is 346 g/mol. The topological polar surface area (TPSA) is 35.2 Å². The molecular formula is C18H20BrNO. The minimum Gasteiger partial charge on any atom is -0.493 e. The van der Waals surface area contributed by atoms with Crippen molar-refractivity contribution in [3.63, 3.8) is 0 Å². The lowest BCUT2D eigenvalue weighted by Gasteiger charge is -2.18. The normalized spacial score (nSPS) is 14.7. The summed E-state index contributed by atoms with van der Waals surface area (Å²) in [5, 5.41) is 0. The lowest BCUT2D eigenvalue weighted by atomic mass is 9.93. The van der Waals surface area contributed by atoms with Gasteiger partial charge in [-0.05, 0) is 60.2 Å². The standard InChI is InChI=1S/C18H20BrNO/c1-11-4-3-5-16(12(11)2)17(20)10-14-9-15(19)8-13-6-7-21-18(13)14/h3-5,8-9,17H,6-7,10,20H2,1-2H3. The van der Waals surface area contributed by atoms with Crippen molar-refractivity contribution >= 4 is 15.9 Å². The fraction of sp³-hybridized carbons (Fsp3) is 0.333. The van der Waals surface area contributed by atoms with Crippen LogP contribution in [-0.4, -0.2) is 6.61 Å². The maximum atomic E-state index is 6.47. The molecule has 1 unspecified atom stereocenters. The van der Waals surface area contributed by atoms with Gasteiger partial charge in [-0.1, -0.05) is 34.1 Å². The first-order chi connectivity index (χ1) is 10.1. The molecule has 0 amide bonds. The third kappa shape index (κ3) is 2.85. The summed E-state index contributed by atoms with van der Waals surface area (Å²) in [7, 11) is 0. The molecule has 1 aliphatic rings. The van der Waals surface area contributed by atoms with Crippen LogP contribution in [0.15, 0.2) is 34.8 Å². The molecule has 2 nitrogen and oxygen atoms in total. The molecule has 0 bridgehead atoms. The minimum atomic E-state index is -0.00694. The Morgan fingerprint density at radius 1 is 1.29 bits per heavy atom. The molecule has 0 aliphatic carbocycles. The zero-order chi connectivity index (χ0) is 15.0. The number of ether oxygens (including phenoxy) is 1. The highest BCUT2D eigenvalue weighted by Gasteiger charge is 2.20. The van der Waals surface area contributed by atoms with E-state index in [9.17, 15) is 0 Å². The first-order valence-electron chi connectivity index (χ1n) is 7.32. The van der Waals surface area contributed by atoms with Crippen LogP contribution in [0.1, 0.15) is 33.9 Å². The molecule has 0 saturated carbocycles. The number of fused-ring (bicyclic) bond motifs is 1. The number of benzene rings is 2. The SMILES string of the molecule is Cc1cccc(C(N)Cc2cc(Br)cc3c2OCC3)c1C. The zero-order valence-corrected chi connectivity index (χ0v) is 14.0. The van der Waals surface area contributed by atoms with Gasteiger partial charge in [-0.25, -0.2) is 0 Å². The Labute approximate surface area is 134 Å². The molecule has 2 aromatic carbocycles. The van der Waals surface area contributed by atoms with E-state index in [2.05, 4.69) is 60.1 Å². The molecule has 0 aromatic heterocycles. The van der Waals surface area contributed by atoms with Crippen molar-refractivity contribution < 1.29 is 4.74 Å². The van der Waals surface area contributed by atoms with Gasteiger partial charge in [0.25, 0.3) is 0 Å². The Morgan fingerprint density at radius 2 is 2.10 bits per heavy atom. The number of halogens is 1. The van der Waals surface area contributed by atoms with E-state index in [4.69, 9.17) is 10.5 Å². The number of nitrogens with two attached hydrogens (primary N) is 1. The summed E-state index contributed by atoms with van der Waals surface area (Å²) in [5.41, 5.74) is 12.8. The monoisotopic (exact) mass is 345 g/mol. The van der Waals surface area contributed by atoms with E-state index in [1.807, 2.05) is 0 Å². The summed E-state index contributed by atoms with van der Waals surface area (Å²) in [6.07, 6.45) is 1.78. The van der Waals surface area contributed by atoms with Crippen molar-refractivity contribution in [2.45, 2.75) is 32.7 Å². The van der Waals surface area contributed by atoms with Crippen molar-refractivity contribution in [2.24, 2.45) is 5.73 Å².